The van der Waals surface area contributed by atoms with Crippen LogP contribution < -0.4 is 15.8 Å². The van der Waals surface area contributed by atoms with Crippen LogP contribution in [0.2, 0.25) is 0 Å². The number of nitrogens with zero attached hydrogens (tertiary/aromatic N) is 8. The van der Waals surface area contributed by atoms with Gasteiger partial charge in [0.15, 0.2) is 23.1 Å². The third kappa shape index (κ3) is 5.09. The lowest BCUT2D eigenvalue weighted by Crippen LogP contribution is -2.38. The maximum atomic E-state index is 12.9. The van der Waals surface area contributed by atoms with Gasteiger partial charge in [0.25, 0.3) is 5.91 Å². The summed E-state index contributed by atoms with van der Waals surface area (Å²) in [4.78, 5) is 29.2. The largest absolute Gasteiger partial charge is 0.473 e. The Hall–Kier alpha value is -4.87. The van der Waals surface area contributed by atoms with Gasteiger partial charge >= 0.3 is 0 Å². The summed E-state index contributed by atoms with van der Waals surface area (Å²) in [6.07, 6.45) is 8.28. The molecule has 8 rings (SSSR count). The van der Waals surface area contributed by atoms with Gasteiger partial charge in [-0.15, -0.1) is 5.10 Å². The zero-order valence-corrected chi connectivity index (χ0v) is 27.1. The van der Waals surface area contributed by atoms with E-state index in [0.29, 0.717) is 47.7 Å². The van der Waals surface area contributed by atoms with Crippen LogP contribution in [0.3, 0.4) is 0 Å². The fourth-order valence-corrected chi connectivity index (χ4v) is 8.13. The number of aromatic nitrogens is 6. The summed E-state index contributed by atoms with van der Waals surface area (Å²) in [6.45, 7) is 4.15. The number of ether oxygens (including phenoxy) is 2. The quantitative estimate of drug-likeness (QED) is 0.279. The predicted octanol–water partition coefficient (Wildman–Crippen LogP) is 3.11. The zero-order valence-electron chi connectivity index (χ0n) is 27.1. The van der Waals surface area contributed by atoms with Crippen molar-refractivity contribution in [1.29, 1.82) is 5.26 Å². The summed E-state index contributed by atoms with van der Waals surface area (Å²) in [5.41, 5.74) is 10.3. The number of fused-ring (bicyclic) bond motifs is 4. The van der Waals surface area contributed by atoms with Crippen molar-refractivity contribution in [3.05, 3.63) is 58.4 Å². The minimum atomic E-state index is -0.494. The number of carbonyl (C=O) groups excluding carboxylic acids is 1. The van der Waals surface area contributed by atoms with E-state index in [9.17, 15) is 10.1 Å². The van der Waals surface area contributed by atoms with Gasteiger partial charge < -0.3 is 25.0 Å². The van der Waals surface area contributed by atoms with E-state index in [-0.39, 0.29) is 29.9 Å². The van der Waals surface area contributed by atoms with Gasteiger partial charge in [0.2, 0.25) is 11.7 Å². The van der Waals surface area contributed by atoms with Gasteiger partial charge in [-0.3, -0.25) is 9.69 Å². The molecule has 3 aromatic heterocycles. The highest BCUT2D eigenvalue weighted by Crippen LogP contribution is 2.54. The average molecular weight is 651 g/mol. The Bertz CT molecular complexity index is 1920. The molecule has 0 radical (unpaired) electrons. The lowest BCUT2D eigenvalue weighted by molar-refractivity contribution is 0.0919. The molecule has 14 nitrogen and oxygen atoms in total. The maximum Gasteiger partial charge on any atom is 0.291 e. The van der Waals surface area contributed by atoms with Gasteiger partial charge in [0.1, 0.15) is 18.5 Å². The molecule has 4 aromatic rings. The predicted molar refractivity (Wildman–Crippen MR) is 172 cm³/mol. The van der Waals surface area contributed by atoms with Crippen LogP contribution in [0.1, 0.15) is 84.1 Å². The highest BCUT2D eigenvalue weighted by atomic mass is 16.5. The van der Waals surface area contributed by atoms with Gasteiger partial charge in [-0.25, -0.2) is 14.6 Å². The molecule has 1 amide bonds. The molecule has 2 aliphatic heterocycles. The van der Waals surface area contributed by atoms with Crippen molar-refractivity contribution in [2.75, 3.05) is 32.5 Å². The molecule has 4 aliphatic rings. The molecule has 2 fully saturated rings. The van der Waals surface area contributed by atoms with E-state index >= 15 is 0 Å². The van der Waals surface area contributed by atoms with Crippen molar-refractivity contribution in [1.82, 2.24) is 40.1 Å². The number of nitrogens with two attached hydrogens (primary N) is 1. The number of anilines is 1. The number of likely N-dealkylation sites (tertiary alicyclic amines) is 1. The second kappa shape index (κ2) is 12.0. The van der Waals surface area contributed by atoms with E-state index in [4.69, 9.17) is 29.7 Å². The number of nitrogens with one attached hydrogen (secondary N) is 1. The van der Waals surface area contributed by atoms with Crippen LogP contribution >= 0.6 is 0 Å². The highest BCUT2D eigenvalue weighted by molar-refractivity contribution is 5.90. The number of rotatable bonds is 7. The smallest absolute Gasteiger partial charge is 0.291 e. The number of nitrogen functional groups attached to an aromatic ring is 1. The SMILES string of the molecule is CC(Oc1cc(-n2cnc(C(=O)NC3CCOC3)n2)nc(-c2noc3c2CCCC32CCc3ccc(N)c(C#N)c32)n1)C1CCCN1C. The molecule has 2 aliphatic carbocycles. The molecule has 1 spiro atoms. The summed E-state index contributed by atoms with van der Waals surface area (Å²) >= 11 is 0. The van der Waals surface area contributed by atoms with Crippen LogP contribution in [0.4, 0.5) is 5.69 Å². The molecule has 0 bridgehead atoms. The summed E-state index contributed by atoms with van der Waals surface area (Å²) in [6, 6.07) is 8.09. The summed E-state index contributed by atoms with van der Waals surface area (Å²) in [5, 5.41) is 22.1. The molecule has 14 heteroatoms. The molecule has 48 heavy (non-hydrogen) atoms. The van der Waals surface area contributed by atoms with Crippen LogP contribution in [-0.4, -0.2) is 85.7 Å². The minimum absolute atomic E-state index is 0.0266. The van der Waals surface area contributed by atoms with Gasteiger partial charge in [-0.2, -0.15) is 10.2 Å². The number of amides is 1. The lowest BCUT2D eigenvalue weighted by atomic mass is 9.68. The molecule has 248 valence electrons. The Labute approximate surface area is 277 Å². The van der Waals surface area contributed by atoms with Crippen molar-refractivity contribution >= 4 is 11.6 Å². The molecule has 1 aromatic carbocycles. The summed E-state index contributed by atoms with van der Waals surface area (Å²) in [7, 11) is 2.11. The number of benzene rings is 1. The van der Waals surface area contributed by atoms with E-state index in [1.54, 1.807) is 6.07 Å². The minimum Gasteiger partial charge on any atom is -0.473 e. The molecule has 4 atom stereocenters. The Kier molecular flexibility index (Phi) is 7.60. The van der Waals surface area contributed by atoms with Gasteiger partial charge in [-0.1, -0.05) is 11.2 Å². The second-order valence-corrected chi connectivity index (χ2v) is 13.4. The molecule has 3 N–H and O–H groups in total. The van der Waals surface area contributed by atoms with Crippen LogP contribution in [0, 0.1) is 11.3 Å². The number of likely N-dealkylation sites (N-methyl/N-ethyl adjacent to an activating group) is 1. The van der Waals surface area contributed by atoms with Gasteiger partial charge in [0.05, 0.1) is 23.6 Å². The number of nitriles is 1. The third-order valence-corrected chi connectivity index (χ3v) is 10.5. The zero-order chi connectivity index (χ0) is 33.0. The van der Waals surface area contributed by atoms with E-state index in [2.05, 4.69) is 45.5 Å². The lowest BCUT2D eigenvalue weighted by Gasteiger charge is -2.33. The van der Waals surface area contributed by atoms with Crippen molar-refractivity contribution in [3.63, 3.8) is 0 Å². The molecular formula is C34H38N10O4. The first kappa shape index (κ1) is 30.5. The Morgan fingerprint density at radius 1 is 1.23 bits per heavy atom. The maximum absolute atomic E-state index is 12.9. The molecule has 2 saturated heterocycles. The Balaban J connectivity index is 1.19. The fourth-order valence-electron chi connectivity index (χ4n) is 8.13. The normalized spacial score (nSPS) is 23.9. The summed E-state index contributed by atoms with van der Waals surface area (Å²) in [5.74, 6) is 1.47. The standard InChI is InChI=1S/C34H38N10O4/c1-19(25-6-4-13-43(25)2)47-27-15-26(44-18-37-32(41-44)33(45)38-21-10-14-46-17-21)39-31(40-27)29-22-5-3-11-34(30(22)48-42-29)12-9-20-7-8-24(36)23(16-35)28(20)34/h7-8,15,18-19,21,25H,3-6,9-14,17,36H2,1-2H3,(H,38,45). The van der Waals surface area contributed by atoms with E-state index in [1.165, 1.54) is 11.0 Å². The summed E-state index contributed by atoms with van der Waals surface area (Å²) < 4.78 is 19.5. The van der Waals surface area contributed by atoms with Crippen molar-refractivity contribution < 1.29 is 18.8 Å². The number of hydrogen-bond donors (Lipinski definition) is 2. The molecule has 4 unspecified atom stereocenters. The Morgan fingerprint density at radius 2 is 2.12 bits per heavy atom. The third-order valence-electron chi connectivity index (χ3n) is 10.5. The van der Waals surface area contributed by atoms with E-state index in [0.717, 1.165) is 80.4 Å². The Morgan fingerprint density at radius 3 is 2.92 bits per heavy atom. The first-order valence-electron chi connectivity index (χ1n) is 16.7. The average Bonchev–Trinajstić information content (AvgIpc) is 3.93. The topological polar surface area (TPSA) is 183 Å². The van der Waals surface area contributed by atoms with E-state index in [1.807, 2.05) is 12.1 Å². The van der Waals surface area contributed by atoms with Crippen molar-refractivity contribution in [2.24, 2.45) is 0 Å². The van der Waals surface area contributed by atoms with E-state index < -0.39 is 5.41 Å². The molecule has 0 saturated carbocycles. The van der Waals surface area contributed by atoms with Crippen molar-refractivity contribution in [3.8, 4) is 29.3 Å². The highest BCUT2D eigenvalue weighted by Gasteiger charge is 2.49. The van der Waals surface area contributed by atoms with Crippen LogP contribution in [-0.2, 0) is 23.0 Å². The second-order valence-electron chi connectivity index (χ2n) is 13.4. The number of aryl methyl sites for hydroxylation is 1. The monoisotopic (exact) mass is 650 g/mol. The first-order chi connectivity index (χ1) is 23.3. The van der Waals surface area contributed by atoms with Crippen LogP contribution in [0.15, 0.2) is 29.0 Å². The van der Waals surface area contributed by atoms with Crippen LogP contribution in [0.25, 0.3) is 17.3 Å². The molecular weight excluding hydrogens is 612 g/mol. The van der Waals surface area contributed by atoms with Gasteiger partial charge in [-0.05, 0) is 89.1 Å². The first-order valence-corrected chi connectivity index (χ1v) is 16.7. The number of carbonyl (C=O) groups is 1. The van der Waals surface area contributed by atoms with Gasteiger partial charge in [0, 0.05) is 30.0 Å². The van der Waals surface area contributed by atoms with Crippen molar-refractivity contribution in [2.45, 2.75) is 81.9 Å². The fraction of sp³-hybridized carbons (Fsp3) is 0.500. The number of hydrogen-bond acceptors (Lipinski definition) is 12. The molecule has 5 heterocycles. The van der Waals surface area contributed by atoms with Crippen LogP contribution in [0.5, 0.6) is 5.88 Å².